The van der Waals surface area contributed by atoms with E-state index in [1.54, 1.807) is 0 Å². The minimum atomic E-state index is -1.19. The Balaban J connectivity index is 2.20. The lowest BCUT2D eigenvalue weighted by molar-refractivity contribution is -0.385. The molecule has 0 aliphatic carbocycles. The molecule has 3 aromatic rings. The smallest absolute Gasteiger partial charge is 0.363 e. The van der Waals surface area contributed by atoms with Crippen LogP contribution >= 0.6 is 0 Å². The van der Waals surface area contributed by atoms with Gasteiger partial charge < -0.3 is 14.6 Å². The van der Waals surface area contributed by atoms with Gasteiger partial charge in [0, 0.05) is 36.1 Å². The molecule has 0 aliphatic rings. The third kappa shape index (κ3) is 5.15. The van der Waals surface area contributed by atoms with Crippen LogP contribution < -0.4 is 5.63 Å². The van der Waals surface area contributed by atoms with Crippen molar-refractivity contribution in [2.45, 2.75) is 25.7 Å². The molecule has 0 unspecified atom stereocenters. The van der Waals surface area contributed by atoms with Crippen molar-refractivity contribution in [3.8, 4) is 11.3 Å². The summed E-state index contributed by atoms with van der Waals surface area (Å²) in [4.78, 5) is 59.9. The van der Waals surface area contributed by atoms with Gasteiger partial charge in [-0.2, -0.15) is 0 Å². The number of nitro benzene ring substituents is 2. The molecular formula is C20H15N3O10. The number of nitrogens with zero attached hydrogens (tertiary/aromatic N) is 3. The summed E-state index contributed by atoms with van der Waals surface area (Å²) in [5.41, 5.74) is -2.01. The first-order valence-electron chi connectivity index (χ1n) is 9.40. The maximum absolute atomic E-state index is 12.5. The first kappa shape index (κ1) is 23.0. The molecule has 0 bridgehead atoms. The number of aromatic nitrogens is 1. The number of rotatable bonds is 9. The number of carboxylic acid groups (broad SMARTS) is 2. The molecule has 170 valence electrons. The van der Waals surface area contributed by atoms with E-state index in [2.05, 4.69) is 4.98 Å². The Morgan fingerprint density at radius 3 is 2.24 bits per heavy atom. The van der Waals surface area contributed by atoms with E-state index in [1.807, 2.05) is 0 Å². The van der Waals surface area contributed by atoms with Crippen LogP contribution in [0.15, 0.2) is 39.5 Å². The largest absolute Gasteiger partial charge is 0.481 e. The highest BCUT2D eigenvalue weighted by atomic mass is 16.6. The molecule has 3 rings (SSSR count). The summed E-state index contributed by atoms with van der Waals surface area (Å²) in [7, 11) is 0. The molecule has 0 aliphatic heterocycles. The Kier molecular flexibility index (Phi) is 6.42. The van der Waals surface area contributed by atoms with Crippen molar-refractivity contribution < 1.29 is 34.1 Å². The van der Waals surface area contributed by atoms with Crippen LogP contribution in [0.3, 0.4) is 0 Å². The third-order valence-electron chi connectivity index (χ3n) is 4.77. The highest BCUT2D eigenvalue weighted by Gasteiger charge is 2.23. The van der Waals surface area contributed by atoms with Gasteiger partial charge in [-0.1, -0.05) is 0 Å². The molecule has 13 nitrogen and oxygen atoms in total. The molecule has 2 N–H and O–H groups in total. The van der Waals surface area contributed by atoms with Gasteiger partial charge in [0.05, 0.1) is 15.9 Å². The summed E-state index contributed by atoms with van der Waals surface area (Å²) in [6, 6.07) is 5.79. The van der Waals surface area contributed by atoms with Gasteiger partial charge in [0.1, 0.15) is 5.52 Å². The van der Waals surface area contributed by atoms with E-state index >= 15 is 0 Å². The number of non-ortho nitro benzene ring substituents is 1. The van der Waals surface area contributed by atoms with Crippen LogP contribution in [0.1, 0.15) is 24.0 Å². The first-order chi connectivity index (χ1) is 15.6. The third-order valence-corrected chi connectivity index (χ3v) is 4.77. The second-order valence-electron chi connectivity index (χ2n) is 6.94. The van der Waals surface area contributed by atoms with Crippen LogP contribution in [0.25, 0.3) is 22.4 Å². The molecule has 0 saturated carbocycles. The molecule has 1 aromatic heterocycles. The lowest BCUT2D eigenvalue weighted by atomic mass is 9.94. The number of hydrogen-bond donors (Lipinski definition) is 2. The van der Waals surface area contributed by atoms with Crippen molar-refractivity contribution in [3.05, 3.63) is 72.1 Å². The number of benzene rings is 2. The molecule has 0 radical (unpaired) electrons. The number of aryl methyl sites for hydroxylation is 1. The van der Waals surface area contributed by atoms with E-state index in [4.69, 9.17) is 14.6 Å². The Hall–Kier alpha value is -4.68. The maximum atomic E-state index is 12.5. The van der Waals surface area contributed by atoms with E-state index in [0.717, 1.165) is 18.2 Å². The first-order valence-corrected chi connectivity index (χ1v) is 9.40. The zero-order valence-electron chi connectivity index (χ0n) is 16.7. The van der Waals surface area contributed by atoms with Crippen molar-refractivity contribution in [2.24, 2.45) is 0 Å². The summed E-state index contributed by atoms with van der Waals surface area (Å²) in [5.74, 6) is -2.36. The van der Waals surface area contributed by atoms with Gasteiger partial charge in [0.2, 0.25) is 0 Å². The van der Waals surface area contributed by atoms with Gasteiger partial charge >= 0.3 is 17.6 Å². The van der Waals surface area contributed by atoms with Crippen LogP contribution in [0.5, 0.6) is 0 Å². The van der Waals surface area contributed by atoms with Crippen molar-refractivity contribution in [2.75, 3.05) is 0 Å². The number of nitro groups is 2. The highest BCUT2D eigenvalue weighted by molar-refractivity contribution is 5.78. The molecule has 0 spiro atoms. The predicted octanol–water partition coefficient (Wildman–Crippen LogP) is 2.71. The van der Waals surface area contributed by atoms with Gasteiger partial charge in [-0.3, -0.25) is 29.8 Å². The Bertz CT molecular complexity index is 1360. The lowest BCUT2D eigenvalue weighted by Crippen LogP contribution is -2.10. The highest BCUT2D eigenvalue weighted by Crippen LogP contribution is 2.31. The number of aliphatic carboxylic acids is 2. The lowest BCUT2D eigenvalue weighted by Gasteiger charge is -2.12. The minimum absolute atomic E-state index is 0.0323. The predicted molar refractivity (Wildman–Crippen MR) is 111 cm³/mol. The summed E-state index contributed by atoms with van der Waals surface area (Å²) in [6.45, 7) is 0. The average Bonchev–Trinajstić information content (AvgIpc) is 2.74. The second kappa shape index (κ2) is 9.21. The van der Waals surface area contributed by atoms with Crippen LogP contribution in [-0.2, 0) is 22.4 Å². The fourth-order valence-electron chi connectivity index (χ4n) is 3.29. The van der Waals surface area contributed by atoms with Crippen molar-refractivity contribution in [1.82, 2.24) is 4.98 Å². The van der Waals surface area contributed by atoms with E-state index in [1.165, 1.54) is 12.1 Å². The normalized spacial score (nSPS) is 10.8. The zero-order valence-corrected chi connectivity index (χ0v) is 16.7. The standard InChI is InChI=1S/C20H15N3O10/c24-17(25)5-1-10-7-11(8-15(23(31)32)13(10)3-6-18(26)27)19-20(28)33-16-9-12(22(29)30)2-4-14(16)21-19/h2,4,7-9H,1,3,5-6H2,(H,24,25)(H,26,27). The number of carboxylic acids is 2. The number of fused-ring (bicyclic) bond motifs is 1. The summed E-state index contributed by atoms with van der Waals surface area (Å²) < 4.78 is 5.12. The fraction of sp³-hybridized carbons (Fsp3) is 0.200. The van der Waals surface area contributed by atoms with Crippen molar-refractivity contribution in [3.63, 3.8) is 0 Å². The van der Waals surface area contributed by atoms with Gasteiger partial charge in [-0.15, -0.1) is 0 Å². The monoisotopic (exact) mass is 457 g/mol. The Morgan fingerprint density at radius 1 is 0.970 bits per heavy atom. The molecule has 2 aromatic carbocycles. The van der Waals surface area contributed by atoms with Crippen LogP contribution in [0.2, 0.25) is 0 Å². The van der Waals surface area contributed by atoms with E-state index in [0.29, 0.717) is 0 Å². The molecule has 0 fully saturated rings. The maximum Gasteiger partial charge on any atom is 0.363 e. The van der Waals surface area contributed by atoms with Gasteiger partial charge in [0.15, 0.2) is 11.3 Å². The second-order valence-corrected chi connectivity index (χ2v) is 6.94. The molecule has 33 heavy (non-hydrogen) atoms. The quantitative estimate of drug-likeness (QED) is 0.353. The van der Waals surface area contributed by atoms with Crippen LogP contribution in [-0.4, -0.2) is 37.0 Å². The van der Waals surface area contributed by atoms with Crippen molar-refractivity contribution in [1.29, 1.82) is 0 Å². The molecule has 1 heterocycles. The van der Waals surface area contributed by atoms with Gasteiger partial charge in [-0.25, -0.2) is 9.78 Å². The van der Waals surface area contributed by atoms with E-state index in [9.17, 15) is 34.6 Å². The van der Waals surface area contributed by atoms with Crippen molar-refractivity contribution >= 4 is 34.4 Å². The van der Waals surface area contributed by atoms with Gasteiger partial charge in [0.25, 0.3) is 11.4 Å². The number of hydrogen-bond acceptors (Lipinski definition) is 9. The number of carbonyl (C=O) groups is 2. The molecule has 0 atom stereocenters. The van der Waals surface area contributed by atoms with Gasteiger partial charge in [-0.05, 0) is 30.5 Å². The average molecular weight is 457 g/mol. The van der Waals surface area contributed by atoms with E-state index in [-0.39, 0.29) is 58.4 Å². The molecule has 0 amide bonds. The summed E-state index contributed by atoms with van der Waals surface area (Å²) in [6.07, 6.45) is -1.17. The minimum Gasteiger partial charge on any atom is -0.481 e. The molecule has 0 saturated heterocycles. The summed E-state index contributed by atoms with van der Waals surface area (Å²) >= 11 is 0. The Labute approximate surface area is 183 Å². The SMILES string of the molecule is O=C(O)CCc1cc(-c2nc3ccc([N+](=O)[O-])cc3oc2=O)cc([N+](=O)[O-])c1CCC(=O)O. The van der Waals surface area contributed by atoms with Crippen LogP contribution in [0, 0.1) is 20.2 Å². The van der Waals surface area contributed by atoms with Crippen LogP contribution in [0.4, 0.5) is 11.4 Å². The zero-order chi connectivity index (χ0) is 24.3. The molecule has 13 heteroatoms. The topological polar surface area (TPSA) is 204 Å². The summed E-state index contributed by atoms with van der Waals surface area (Å²) in [5, 5.41) is 40.6. The van der Waals surface area contributed by atoms with E-state index < -0.39 is 39.5 Å². The fourth-order valence-corrected chi connectivity index (χ4v) is 3.29. The molecular weight excluding hydrogens is 442 g/mol. The Morgan fingerprint density at radius 2 is 1.64 bits per heavy atom.